The number of urea groups is 1. The van der Waals surface area contributed by atoms with E-state index in [1.54, 1.807) is 11.0 Å². The van der Waals surface area contributed by atoms with Crippen molar-refractivity contribution >= 4 is 23.4 Å². The highest BCUT2D eigenvalue weighted by Crippen LogP contribution is 2.24. The van der Waals surface area contributed by atoms with E-state index in [4.69, 9.17) is 11.6 Å². The molecule has 1 saturated heterocycles. The monoisotopic (exact) mass is 364 g/mol. The average Bonchev–Trinajstić information content (AvgIpc) is 2.51. The minimum atomic E-state index is -4.21. The molecule has 0 spiro atoms. The Hall–Kier alpha value is -1.70. The molecule has 0 radical (unpaired) electrons. The molecule has 0 aromatic carbocycles. The Morgan fingerprint density at radius 3 is 2.58 bits per heavy atom. The zero-order chi connectivity index (χ0) is 17.7. The summed E-state index contributed by atoms with van der Waals surface area (Å²) in [4.78, 5) is 19.9. The van der Waals surface area contributed by atoms with Gasteiger partial charge in [-0.25, -0.2) is 9.78 Å². The van der Waals surface area contributed by atoms with E-state index in [0.717, 1.165) is 5.82 Å². The van der Waals surface area contributed by atoms with Gasteiger partial charge in [0.05, 0.1) is 0 Å². The fourth-order valence-electron chi connectivity index (χ4n) is 2.55. The molecule has 1 aromatic heterocycles. The normalized spacial score (nSPS) is 16.9. The first-order valence-electron chi connectivity index (χ1n) is 7.71. The van der Waals surface area contributed by atoms with Crippen LogP contribution in [-0.2, 0) is 0 Å². The van der Waals surface area contributed by atoms with E-state index in [1.807, 2.05) is 17.0 Å². The summed E-state index contributed by atoms with van der Waals surface area (Å²) in [6, 6.07) is 5.02. The Bertz CT molecular complexity index is 562. The Kier molecular flexibility index (Phi) is 6.15. The first-order valence-corrected chi connectivity index (χ1v) is 8.09. The summed E-state index contributed by atoms with van der Waals surface area (Å²) >= 11 is 5.87. The lowest BCUT2D eigenvalue weighted by atomic mass is 10.1. The zero-order valence-corrected chi connectivity index (χ0v) is 14.1. The Morgan fingerprint density at radius 2 is 2.00 bits per heavy atom. The number of nitrogens with zero attached hydrogens (tertiary/aromatic N) is 3. The molecule has 1 aromatic rings. The fraction of sp³-hybridized carbons (Fsp3) is 0.600. The summed E-state index contributed by atoms with van der Waals surface area (Å²) < 4.78 is 36.8. The molecule has 1 aliphatic rings. The standard InChI is InChI=1S/C15H20ClF3N4O/c1-11(9-15(17,18)19)10-20-14(24)23-7-5-22(6-8-23)13-4-2-3-12(16)21-13/h2-4,11H,5-10H2,1H3,(H,20,24)/t11-/m1/s1. The molecular weight excluding hydrogens is 345 g/mol. The maximum Gasteiger partial charge on any atom is 0.389 e. The number of pyridine rings is 1. The largest absolute Gasteiger partial charge is 0.389 e. The van der Waals surface area contributed by atoms with E-state index in [2.05, 4.69) is 10.3 Å². The molecule has 0 unspecified atom stereocenters. The first kappa shape index (κ1) is 18.6. The third kappa shape index (κ3) is 5.74. The van der Waals surface area contributed by atoms with E-state index in [0.29, 0.717) is 31.3 Å². The molecule has 0 bridgehead atoms. The van der Waals surface area contributed by atoms with Crippen LogP contribution < -0.4 is 10.2 Å². The number of anilines is 1. The number of aromatic nitrogens is 1. The third-order valence-electron chi connectivity index (χ3n) is 3.77. The molecule has 1 N–H and O–H groups in total. The lowest BCUT2D eigenvalue weighted by Crippen LogP contribution is -2.52. The van der Waals surface area contributed by atoms with Crippen molar-refractivity contribution < 1.29 is 18.0 Å². The highest BCUT2D eigenvalue weighted by Gasteiger charge is 2.30. The number of rotatable bonds is 4. The summed E-state index contributed by atoms with van der Waals surface area (Å²) in [6.07, 6.45) is -5.11. The van der Waals surface area contributed by atoms with Gasteiger partial charge in [0.15, 0.2) is 0 Å². The second kappa shape index (κ2) is 7.92. The van der Waals surface area contributed by atoms with E-state index >= 15 is 0 Å². The molecule has 134 valence electrons. The van der Waals surface area contributed by atoms with E-state index in [1.165, 1.54) is 6.92 Å². The molecular formula is C15H20ClF3N4O. The van der Waals surface area contributed by atoms with Crippen molar-refractivity contribution in [2.45, 2.75) is 19.5 Å². The zero-order valence-electron chi connectivity index (χ0n) is 13.3. The minimum Gasteiger partial charge on any atom is -0.353 e. The van der Waals surface area contributed by atoms with E-state index < -0.39 is 18.5 Å². The second-order valence-corrected chi connectivity index (χ2v) is 6.29. The summed E-state index contributed by atoms with van der Waals surface area (Å²) in [5.41, 5.74) is 0. The molecule has 0 aliphatic carbocycles. The predicted molar refractivity (Wildman–Crippen MR) is 86.3 cm³/mol. The SMILES string of the molecule is C[C@@H](CNC(=O)N1CCN(c2cccc(Cl)n2)CC1)CC(F)(F)F. The first-order chi connectivity index (χ1) is 11.2. The van der Waals surface area contributed by atoms with Crippen LogP contribution in [0.3, 0.4) is 0 Å². The maximum atomic E-state index is 12.3. The van der Waals surface area contributed by atoms with Crippen molar-refractivity contribution in [3.05, 3.63) is 23.4 Å². The van der Waals surface area contributed by atoms with E-state index in [-0.39, 0.29) is 12.6 Å². The van der Waals surface area contributed by atoms with Crippen LogP contribution in [0.1, 0.15) is 13.3 Å². The van der Waals surface area contributed by atoms with Crippen molar-refractivity contribution in [3.8, 4) is 0 Å². The quantitative estimate of drug-likeness (QED) is 0.835. The molecule has 2 rings (SSSR count). The fourth-order valence-corrected chi connectivity index (χ4v) is 2.71. The van der Waals surface area contributed by atoms with Crippen LogP contribution in [0.5, 0.6) is 0 Å². The average molecular weight is 365 g/mol. The highest BCUT2D eigenvalue weighted by atomic mass is 35.5. The number of alkyl halides is 3. The van der Waals surface area contributed by atoms with Gasteiger partial charge < -0.3 is 15.1 Å². The van der Waals surface area contributed by atoms with Gasteiger partial charge in [-0.1, -0.05) is 24.6 Å². The van der Waals surface area contributed by atoms with Crippen molar-refractivity contribution in [1.82, 2.24) is 15.2 Å². The Labute approximate surface area is 143 Å². The number of halogens is 4. The van der Waals surface area contributed by atoms with Crippen molar-refractivity contribution in [2.24, 2.45) is 5.92 Å². The van der Waals surface area contributed by atoms with Crippen molar-refractivity contribution in [3.63, 3.8) is 0 Å². The topological polar surface area (TPSA) is 48.5 Å². The molecule has 5 nitrogen and oxygen atoms in total. The molecule has 2 heterocycles. The predicted octanol–water partition coefficient (Wildman–Crippen LogP) is 3.16. The third-order valence-corrected chi connectivity index (χ3v) is 3.98. The van der Waals surface area contributed by atoms with Gasteiger partial charge in [0.1, 0.15) is 11.0 Å². The Balaban J connectivity index is 1.76. The summed E-state index contributed by atoms with van der Waals surface area (Å²) in [7, 11) is 0. The van der Waals surface area contributed by atoms with Crippen molar-refractivity contribution in [1.29, 1.82) is 0 Å². The number of piperazine rings is 1. The maximum absolute atomic E-state index is 12.3. The van der Waals surface area contributed by atoms with Gasteiger partial charge in [-0.2, -0.15) is 13.2 Å². The molecule has 9 heteroatoms. The summed E-state index contributed by atoms with van der Waals surface area (Å²) in [5, 5.41) is 2.98. The molecule has 2 amide bonds. The van der Waals surface area contributed by atoms with E-state index in [9.17, 15) is 18.0 Å². The summed E-state index contributed by atoms with van der Waals surface area (Å²) in [5.74, 6) is 0.104. The molecule has 1 aliphatic heterocycles. The van der Waals surface area contributed by atoms with Gasteiger partial charge in [-0.3, -0.25) is 0 Å². The molecule has 0 saturated carbocycles. The number of carbonyl (C=O) groups is 1. The van der Waals surface area contributed by atoms with Crippen LogP contribution in [0.4, 0.5) is 23.8 Å². The number of nitrogens with one attached hydrogen (secondary N) is 1. The van der Waals surface area contributed by atoms with Gasteiger partial charge in [0, 0.05) is 39.1 Å². The number of hydrogen-bond donors (Lipinski definition) is 1. The van der Waals surface area contributed by atoms with Gasteiger partial charge >= 0.3 is 12.2 Å². The molecule has 1 atom stereocenters. The smallest absolute Gasteiger partial charge is 0.353 e. The molecule has 1 fully saturated rings. The van der Waals surface area contributed by atoms with Crippen LogP contribution in [0.2, 0.25) is 5.15 Å². The van der Waals surface area contributed by atoms with Crippen LogP contribution >= 0.6 is 11.6 Å². The summed E-state index contributed by atoms with van der Waals surface area (Å²) in [6.45, 7) is 3.63. The van der Waals surface area contributed by atoms with Gasteiger partial charge in [-0.05, 0) is 18.1 Å². The van der Waals surface area contributed by atoms with Gasteiger partial charge in [0.2, 0.25) is 0 Å². The number of amides is 2. The highest BCUT2D eigenvalue weighted by molar-refractivity contribution is 6.29. The van der Waals surface area contributed by atoms with Crippen molar-refractivity contribution in [2.75, 3.05) is 37.6 Å². The van der Waals surface area contributed by atoms with Crippen LogP contribution in [-0.4, -0.2) is 54.8 Å². The minimum absolute atomic E-state index is 0.00834. The van der Waals surface area contributed by atoms with Crippen LogP contribution in [0.25, 0.3) is 0 Å². The van der Waals surface area contributed by atoms with Crippen LogP contribution in [0.15, 0.2) is 18.2 Å². The van der Waals surface area contributed by atoms with Gasteiger partial charge in [-0.15, -0.1) is 0 Å². The number of carbonyl (C=O) groups excluding carboxylic acids is 1. The second-order valence-electron chi connectivity index (χ2n) is 5.90. The lowest BCUT2D eigenvalue weighted by Gasteiger charge is -2.35. The Morgan fingerprint density at radius 1 is 1.33 bits per heavy atom. The lowest BCUT2D eigenvalue weighted by molar-refractivity contribution is -0.142. The molecule has 24 heavy (non-hydrogen) atoms. The number of hydrogen-bond acceptors (Lipinski definition) is 3. The van der Waals surface area contributed by atoms with Gasteiger partial charge in [0.25, 0.3) is 0 Å². The van der Waals surface area contributed by atoms with Crippen LogP contribution in [0, 0.1) is 5.92 Å².